The summed E-state index contributed by atoms with van der Waals surface area (Å²) in [5.41, 5.74) is 7.80. The first-order valence-electron chi connectivity index (χ1n) is 6.58. The fraction of sp³-hybridized carbons (Fsp3) is 0.571. The van der Waals surface area contributed by atoms with Gasteiger partial charge in [0.05, 0.1) is 19.3 Å². The minimum absolute atomic E-state index is 0.0716. The van der Waals surface area contributed by atoms with Crippen LogP contribution in [0.15, 0.2) is 24.3 Å². The van der Waals surface area contributed by atoms with E-state index in [0.717, 1.165) is 18.4 Å². The number of benzene rings is 1. The standard InChI is InChI=1S/C14H21NO4/c15-12(14(16)17)9-11-3-1-10(2-4-11)5-6-13-18-7-8-19-13/h1-4,12-14,16-17H,5-9,15H2. The van der Waals surface area contributed by atoms with E-state index in [0.29, 0.717) is 19.6 Å². The first kappa shape index (κ1) is 14.4. The predicted molar refractivity (Wildman–Crippen MR) is 70.4 cm³/mol. The Morgan fingerprint density at radius 2 is 1.68 bits per heavy atom. The van der Waals surface area contributed by atoms with Gasteiger partial charge in [0.2, 0.25) is 0 Å². The van der Waals surface area contributed by atoms with Gasteiger partial charge in [-0.25, -0.2) is 0 Å². The van der Waals surface area contributed by atoms with Crippen molar-refractivity contribution in [2.45, 2.75) is 37.9 Å². The van der Waals surface area contributed by atoms with E-state index in [1.165, 1.54) is 5.56 Å². The zero-order chi connectivity index (χ0) is 13.7. The zero-order valence-corrected chi connectivity index (χ0v) is 10.9. The van der Waals surface area contributed by atoms with Gasteiger partial charge in [-0.1, -0.05) is 24.3 Å². The minimum Gasteiger partial charge on any atom is -0.367 e. The SMILES string of the molecule is NC(Cc1ccc(CCC2OCCO2)cc1)C(O)O. The van der Waals surface area contributed by atoms with Crippen LogP contribution < -0.4 is 5.73 Å². The van der Waals surface area contributed by atoms with E-state index in [-0.39, 0.29) is 6.29 Å². The second-order valence-corrected chi connectivity index (χ2v) is 4.81. The second kappa shape index (κ2) is 6.98. The predicted octanol–water partition coefficient (Wildman–Crippen LogP) is 0.173. The molecular weight excluding hydrogens is 246 g/mol. The third-order valence-corrected chi connectivity index (χ3v) is 3.24. The van der Waals surface area contributed by atoms with Crippen LogP contribution in [0.1, 0.15) is 17.5 Å². The number of ether oxygens (including phenoxy) is 2. The van der Waals surface area contributed by atoms with Gasteiger partial charge in [-0.05, 0) is 24.0 Å². The topological polar surface area (TPSA) is 84.9 Å². The molecule has 1 fully saturated rings. The molecule has 1 aromatic rings. The average Bonchev–Trinajstić information content (AvgIpc) is 2.91. The van der Waals surface area contributed by atoms with Crippen molar-refractivity contribution < 1.29 is 19.7 Å². The summed E-state index contributed by atoms with van der Waals surface area (Å²) in [6.45, 7) is 1.37. The van der Waals surface area contributed by atoms with Crippen LogP contribution in [0.25, 0.3) is 0 Å². The number of hydrogen-bond acceptors (Lipinski definition) is 5. The first-order valence-corrected chi connectivity index (χ1v) is 6.58. The van der Waals surface area contributed by atoms with Crippen LogP contribution >= 0.6 is 0 Å². The summed E-state index contributed by atoms with van der Waals surface area (Å²) in [6.07, 6.45) is 0.662. The molecule has 1 heterocycles. The third-order valence-electron chi connectivity index (χ3n) is 3.24. The van der Waals surface area contributed by atoms with Crippen molar-refractivity contribution in [3.05, 3.63) is 35.4 Å². The Morgan fingerprint density at radius 1 is 1.11 bits per heavy atom. The molecule has 5 nitrogen and oxygen atoms in total. The molecule has 0 saturated carbocycles. The lowest BCUT2D eigenvalue weighted by Crippen LogP contribution is -2.36. The van der Waals surface area contributed by atoms with Crippen molar-refractivity contribution in [2.24, 2.45) is 5.73 Å². The smallest absolute Gasteiger partial charge is 0.167 e. The molecule has 4 N–H and O–H groups in total. The molecule has 0 aliphatic carbocycles. The molecule has 106 valence electrons. The molecule has 1 aromatic carbocycles. The van der Waals surface area contributed by atoms with E-state index in [1.807, 2.05) is 24.3 Å². The van der Waals surface area contributed by atoms with Crippen LogP contribution in [-0.4, -0.2) is 42.0 Å². The molecule has 5 heteroatoms. The summed E-state index contributed by atoms with van der Waals surface area (Å²) in [4.78, 5) is 0. The molecule has 0 aromatic heterocycles. The Morgan fingerprint density at radius 3 is 2.26 bits per heavy atom. The monoisotopic (exact) mass is 267 g/mol. The van der Waals surface area contributed by atoms with E-state index in [4.69, 9.17) is 25.4 Å². The Kier molecular flexibility index (Phi) is 5.30. The fourth-order valence-corrected chi connectivity index (χ4v) is 2.08. The van der Waals surface area contributed by atoms with Gasteiger partial charge in [0.1, 0.15) is 0 Å². The molecule has 0 radical (unpaired) electrons. The molecule has 1 aliphatic rings. The quantitative estimate of drug-likeness (QED) is 0.640. The second-order valence-electron chi connectivity index (χ2n) is 4.81. The maximum absolute atomic E-state index is 8.95. The molecule has 1 atom stereocenters. The summed E-state index contributed by atoms with van der Waals surface area (Å²) in [6, 6.07) is 7.34. The summed E-state index contributed by atoms with van der Waals surface area (Å²) in [7, 11) is 0. The highest BCUT2D eigenvalue weighted by molar-refractivity contribution is 5.23. The molecule has 1 aliphatic heterocycles. The van der Waals surface area contributed by atoms with Crippen LogP contribution in [0.3, 0.4) is 0 Å². The largest absolute Gasteiger partial charge is 0.367 e. The van der Waals surface area contributed by atoms with Gasteiger partial charge in [-0.3, -0.25) is 0 Å². The van der Waals surface area contributed by atoms with E-state index in [9.17, 15) is 0 Å². The molecule has 0 spiro atoms. The Labute approximate surface area is 113 Å². The maximum atomic E-state index is 8.95. The van der Waals surface area contributed by atoms with Crippen molar-refractivity contribution in [2.75, 3.05) is 13.2 Å². The fourth-order valence-electron chi connectivity index (χ4n) is 2.08. The van der Waals surface area contributed by atoms with Gasteiger partial charge in [-0.2, -0.15) is 0 Å². The Bertz CT molecular complexity index is 374. The summed E-state index contributed by atoms with van der Waals surface area (Å²) >= 11 is 0. The summed E-state index contributed by atoms with van der Waals surface area (Å²) in [5, 5.41) is 17.9. The number of aryl methyl sites for hydroxylation is 1. The summed E-state index contributed by atoms with van der Waals surface area (Å²) in [5.74, 6) is 0. The highest BCUT2D eigenvalue weighted by Gasteiger charge is 2.15. The highest BCUT2D eigenvalue weighted by Crippen LogP contribution is 2.14. The lowest BCUT2D eigenvalue weighted by atomic mass is 10.0. The van der Waals surface area contributed by atoms with Crippen molar-refractivity contribution in [1.82, 2.24) is 0 Å². The van der Waals surface area contributed by atoms with Crippen molar-refractivity contribution in [1.29, 1.82) is 0 Å². The number of hydrogen-bond donors (Lipinski definition) is 3. The van der Waals surface area contributed by atoms with Crippen molar-refractivity contribution in [3.8, 4) is 0 Å². The highest BCUT2D eigenvalue weighted by atomic mass is 16.7. The number of aliphatic hydroxyl groups is 2. The zero-order valence-electron chi connectivity index (χ0n) is 10.9. The summed E-state index contributed by atoms with van der Waals surface area (Å²) < 4.78 is 10.8. The van der Waals surface area contributed by atoms with Crippen molar-refractivity contribution in [3.63, 3.8) is 0 Å². The van der Waals surface area contributed by atoms with E-state index in [1.54, 1.807) is 0 Å². The van der Waals surface area contributed by atoms with Gasteiger partial charge in [-0.15, -0.1) is 0 Å². The van der Waals surface area contributed by atoms with E-state index >= 15 is 0 Å². The molecule has 19 heavy (non-hydrogen) atoms. The number of nitrogens with two attached hydrogens (primary N) is 1. The van der Waals surface area contributed by atoms with Crippen molar-refractivity contribution >= 4 is 0 Å². The molecule has 0 amide bonds. The van der Waals surface area contributed by atoms with Crippen LogP contribution in [0, 0.1) is 0 Å². The first-order chi connectivity index (χ1) is 9.15. The minimum atomic E-state index is -1.48. The molecule has 1 unspecified atom stereocenters. The molecule has 2 rings (SSSR count). The van der Waals surface area contributed by atoms with Crippen LogP contribution in [-0.2, 0) is 22.3 Å². The lowest BCUT2D eigenvalue weighted by Gasteiger charge is -2.14. The van der Waals surface area contributed by atoms with Crippen LogP contribution in [0.4, 0.5) is 0 Å². The molecule has 0 bridgehead atoms. The van der Waals surface area contributed by atoms with Gasteiger partial charge < -0.3 is 25.4 Å². The number of rotatable bonds is 6. The van der Waals surface area contributed by atoms with Gasteiger partial charge in [0.25, 0.3) is 0 Å². The van der Waals surface area contributed by atoms with Gasteiger partial charge >= 0.3 is 0 Å². The maximum Gasteiger partial charge on any atom is 0.167 e. The number of aliphatic hydroxyl groups excluding tert-OH is 1. The normalized spacial score (nSPS) is 18.1. The molecular formula is C14H21NO4. The van der Waals surface area contributed by atoms with Gasteiger partial charge in [0.15, 0.2) is 12.6 Å². The van der Waals surface area contributed by atoms with Gasteiger partial charge in [0, 0.05) is 6.42 Å². The average molecular weight is 267 g/mol. The molecule has 1 saturated heterocycles. The lowest BCUT2D eigenvalue weighted by molar-refractivity contribution is -0.0577. The third kappa shape index (κ3) is 4.56. The van der Waals surface area contributed by atoms with E-state index < -0.39 is 12.3 Å². The Hall–Kier alpha value is -0.980. The van der Waals surface area contributed by atoms with Crippen LogP contribution in [0.5, 0.6) is 0 Å². The van der Waals surface area contributed by atoms with Crippen LogP contribution in [0.2, 0.25) is 0 Å². The Balaban J connectivity index is 1.80. The van der Waals surface area contributed by atoms with E-state index in [2.05, 4.69) is 0 Å².